The van der Waals surface area contributed by atoms with Gasteiger partial charge in [-0.2, -0.15) is 0 Å². The van der Waals surface area contributed by atoms with Gasteiger partial charge in [0.25, 0.3) is 0 Å². The number of halogens is 1. The van der Waals surface area contributed by atoms with Gasteiger partial charge in [0.05, 0.1) is 49.1 Å². The van der Waals surface area contributed by atoms with E-state index in [4.69, 9.17) is 23.5 Å². The van der Waals surface area contributed by atoms with Gasteiger partial charge in [0.2, 0.25) is 5.58 Å². The normalized spacial score (nSPS) is 26.6. The highest BCUT2D eigenvalue weighted by Crippen LogP contribution is 2.42. The largest absolute Gasteiger partial charge is 0.447 e. The van der Waals surface area contributed by atoms with Gasteiger partial charge in [-0.15, -0.1) is 0 Å². The molecule has 0 saturated carbocycles. The molecule has 176 valence electrons. The van der Waals surface area contributed by atoms with Crippen LogP contribution < -0.4 is 9.80 Å². The van der Waals surface area contributed by atoms with Crippen molar-refractivity contribution in [1.82, 2.24) is 5.16 Å². The quantitative estimate of drug-likeness (QED) is 0.747. The number of amides is 1. The number of rotatable bonds is 4. The molecule has 1 N–H and O–H groups in total. The Balaban J connectivity index is 0.00000245. The minimum Gasteiger partial charge on any atom is -0.447 e. The average Bonchev–Trinajstić information content (AvgIpc) is 3.46. The third-order valence-electron chi connectivity index (χ3n) is 5.70. The van der Waals surface area contributed by atoms with E-state index in [0.717, 1.165) is 0 Å². The molecule has 4 heterocycles. The molecule has 0 spiro atoms. The van der Waals surface area contributed by atoms with Crippen molar-refractivity contribution >= 4 is 28.6 Å². The van der Waals surface area contributed by atoms with Gasteiger partial charge >= 0.3 is 6.09 Å². The van der Waals surface area contributed by atoms with E-state index in [1.54, 1.807) is 6.07 Å². The van der Waals surface area contributed by atoms with Crippen LogP contribution in [0.4, 0.5) is 20.7 Å². The number of aliphatic hydroxyl groups is 1. The van der Waals surface area contributed by atoms with Crippen LogP contribution in [-0.4, -0.2) is 74.1 Å². The van der Waals surface area contributed by atoms with Gasteiger partial charge in [-0.05, 0) is 19.9 Å². The Morgan fingerprint density at radius 1 is 1.22 bits per heavy atom. The molecule has 0 bridgehead atoms. The first-order valence-electron chi connectivity index (χ1n) is 10.3. The van der Waals surface area contributed by atoms with Crippen LogP contribution in [0.2, 0.25) is 0 Å². The van der Waals surface area contributed by atoms with Gasteiger partial charge in [0.1, 0.15) is 6.61 Å². The lowest BCUT2D eigenvalue weighted by Gasteiger charge is -2.38. The maximum atomic E-state index is 15.9. The zero-order chi connectivity index (χ0) is 21.7. The fourth-order valence-electron chi connectivity index (χ4n) is 4.46. The first kappa shape index (κ1) is 22.7. The number of hydrogen-bond donors (Lipinski definition) is 1. The zero-order valence-corrected chi connectivity index (χ0v) is 17.2. The fourth-order valence-corrected chi connectivity index (χ4v) is 4.46. The van der Waals surface area contributed by atoms with E-state index in [-0.39, 0.29) is 49.6 Å². The number of cyclic esters (lactones) is 1. The van der Waals surface area contributed by atoms with Crippen molar-refractivity contribution in [2.45, 2.75) is 45.8 Å². The van der Waals surface area contributed by atoms with E-state index in [2.05, 4.69) is 5.16 Å². The molecule has 3 aliphatic heterocycles. The third-order valence-corrected chi connectivity index (χ3v) is 5.70. The standard InChI is InChI=1S/C20H24FN3O7.CH4/c1-10-6-23(7-11(2)30-10)16-13(19-27-3-4-28-19)5-14-17(15(16)21)31-22-18(14)24-12(8-25)9-29-20(24)26;/h5,10-12,19,25H,3-4,6-9H2,1-2H3;1H4/t10-,11-,12+;/m1./s1. The van der Waals surface area contributed by atoms with E-state index in [1.165, 1.54) is 4.90 Å². The summed E-state index contributed by atoms with van der Waals surface area (Å²) in [7, 11) is 0. The summed E-state index contributed by atoms with van der Waals surface area (Å²) >= 11 is 0. The number of ether oxygens (including phenoxy) is 4. The Morgan fingerprint density at radius 3 is 2.56 bits per heavy atom. The predicted octanol–water partition coefficient (Wildman–Crippen LogP) is 2.58. The lowest BCUT2D eigenvalue weighted by atomic mass is 10.0. The first-order valence-corrected chi connectivity index (χ1v) is 10.3. The second-order valence-electron chi connectivity index (χ2n) is 8.03. The lowest BCUT2D eigenvalue weighted by Crippen LogP contribution is -2.46. The maximum Gasteiger partial charge on any atom is 0.416 e. The molecule has 0 radical (unpaired) electrons. The van der Waals surface area contributed by atoms with Crippen molar-refractivity contribution in [3.8, 4) is 0 Å². The summed E-state index contributed by atoms with van der Waals surface area (Å²) in [5.74, 6) is -0.523. The molecule has 3 atom stereocenters. The van der Waals surface area contributed by atoms with Gasteiger partial charge in [-0.1, -0.05) is 12.6 Å². The van der Waals surface area contributed by atoms with Gasteiger partial charge in [-0.25, -0.2) is 14.1 Å². The molecular weight excluding hydrogens is 425 g/mol. The highest BCUT2D eigenvalue weighted by molar-refractivity contribution is 6.01. The number of carbonyl (C=O) groups excluding carboxylic acids is 1. The number of fused-ring (bicyclic) bond motifs is 1. The molecule has 10 nitrogen and oxygen atoms in total. The summed E-state index contributed by atoms with van der Waals surface area (Å²) < 4.78 is 43.4. The number of benzene rings is 1. The van der Waals surface area contributed by atoms with Crippen LogP contribution in [0.1, 0.15) is 33.1 Å². The number of morpholine rings is 1. The topological polar surface area (TPSA) is 107 Å². The summed E-state index contributed by atoms with van der Waals surface area (Å²) in [6, 6.07) is 1.05. The van der Waals surface area contributed by atoms with Crippen LogP contribution in [0.15, 0.2) is 10.6 Å². The van der Waals surface area contributed by atoms with Crippen LogP contribution in [0.5, 0.6) is 0 Å². The Morgan fingerprint density at radius 2 is 1.91 bits per heavy atom. The first-order chi connectivity index (χ1) is 15.0. The highest BCUT2D eigenvalue weighted by atomic mass is 19.1. The Hall–Kier alpha value is -2.47. The summed E-state index contributed by atoms with van der Waals surface area (Å²) in [4.78, 5) is 15.3. The number of anilines is 2. The van der Waals surface area contributed by atoms with Crippen LogP contribution in [-0.2, 0) is 18.9 Å². The van der Waals surface area contributed by atoms with E-state index in [9.17, 15) is 9.90 Å². The van der Waals surface area contributed by atoms with Gasteiger partial charge in [0, 0.05) is 18.7 Å². The van der Waals surface area contributed by atoms with Gasteiger partial charge in [-0.3, -0.25) is 0 Å². The van der Waals surface area contributed by atoms with Crippen molar-refractivity contribution < 1.29 is 37.8 Å². The van der Waals surface area contributed by atoms with E-state index < -0.39 is 24.2 Å². The average molecular weight is 453 g/mol. The minimum atomic E-state index is -0.760. The van der Waals surface area contributed by atoms with Gasteiger partial charge < -0.3 is 33.5 Å². The molecule has 5 rings (SSSR count). The number of carbonyl (C=O) groups is 1. The number of aliphatic hydroxyl groups excluding tert-OH is 1. The molecule has 32 heavy (non-hydrogen) atoms. The monoisotopic (exact) mass is 453 g/mol. The minimum absolute atomic E-state index is 0. The highest BCUT2D eigenvalue weighted by Gasteiger charge is 2.39. The number of nitrogens with zero attached hydrogens (tertiary/aromatic N) is 3. The maximum absolute atomic E-state index is 15.9. The molecule has 1 aromatic carbocycles. The van der Waals surface area contributed by atoms with Crippen molar-refractivity contribution in [3.63, 3.8) is 0 Å². The summed E-state index contributed by atoms with van der Waals surface area (Å²) in [5.41, 5.74) is 0.711. The Bertz CT molecular complexity index is 983. The summed E-state index contributed by atoms with van der Waals surface area (Å²) in [6.45, 7) is 5.30. The fraction of sp³-hybridized carbons (Fsp3) is 0.619. The van der Waals surface area contributed by atoms with Gasteiger partial charge in [0.15, 0.2) is 17.9 Å². The molecular formula is C21H28FN3O7. The molecule has 1 aromatic heterocycles. The van der Waals surface area contributed by atoms with E-state index >= 15 is 4.39 Å². The van der Waals surface area contributed by atoms with Crippen molar-refractivity contribution in [2.75, 3.05) is 49.3 Å². The second kappa shape index (κ2) is 8.81. The third kappa shape index (κ3) is 3.68. The van der Waals surface area contributed by atoms with Crippen LogP contribution in [0.25, 0.3) is 11.0 Å². The molecule has 11 heteroatoms. The molecule has 3 aliphatic rings. The van der Waals surface area contributed by atoms with Crippen molar-refractivity contribution in [2.24, 2.45) is 0 Å². The number of hydrogen-bond acceptors (Lipinski definition) is 9. The molecule has 2 aromatic rings. The van der Waals surface area contributed by atoms with Crippen molar-refractivity contribution in [1.29, 1.82) is 0 Å². The van der Waals surface area contributed by atoms with Crippen molar-refractivity contribution in [3.05, 3.63) is 17.4 Å². The van der Waals surface area contributed by atoms with Crippen LogP contribution in [0, 0.1) is 5.82 Å². The SMILES string of the molecule is C.C[C@@H]1CN(c2c(C3OCCO3)cc3c(N4C(=O)OC[C@@H]4CO)noc3c2F)C[C@@H](C)O1. The zero-order valence-electron chi connectivity index (χ0n) is 17.2. The van der Waals surface area contributed by atoms with E-state index in [1.807, 2.05) is 18.7 Å². The smallest absolute Gasteiger partial charge is 0.416 e. The molecule has 0 aliphatic carbocycles. The Labute approximate surface area is 184 Å². The summed E-state index contributed by atoms with van der Waals surface area (Å²) in [5, 5.41) is 13.8. The molecule has 1 amide bonds. The molecule has 0 unspecified atom stereocenters. The summed E-state index contributed by atoms with van der Waals surface area (Å²) in [6.07, 6.45) is -1.62. The lowest BCUT2D eigenvalue weighted by molar-refractivity contribution is -0.0445. The molecule has 3 saturated heterocycles. The second-order valence-corrected chi connectivity index (χ2v) is 8.03. The van der Waals surface area contributed by atoms with Crippen LogP contribution in [0.3, 0.4) is 0 Å². The Kier molecular flexibility index (Phi) is 6.26. The predicted molar refractivity (Wildman–Crippen MR) is 112 cm³/mol. The van der Waals surface area contributed by atoms with Crippen LogP contribution >= 0.6 is 0 Å². The molecule has 3 fully saturated rings. The van der Waals surface area contributed by atoms with E-state index in [0.29, 0.717) is 37.6 Å². The number of aromatic nitrogens is 1.